The minimum atomic E-state index is -0.631. The molecule has 0 atom stereocenters. The Morgan fingerprint density at radius 1 is 1.07 bits per heavy atom. The second-order valence-corrected chi connectivity index (χ2v) is 7.10. The summed E-state index contributed by atoms with van der Waals surface area (Å²) < 4.78 is 7.34. The van der Waals surface area contributed by atoms with Crippen LogP contribution in [0.3, 0.4) is 0 Å². The normalized spacial score (nSPS) is 10.8. The molecule has 2 heterocycles. The number of nitro groups is 1. The summed E-state index contributed by atoms with van der Waals surface area (Å²) in [6.45, 7) is 1.97. The first kappa shape index (κ1) is 18.8. The highest BCUT2D eigenvalue weighted by molar-refractivity contribution is 9.10. The summed E-state index contributed by atoms with van der Waals surface area (Å²) in [4.78, 5) is 23.6. The molecule has 8 heteroatoms. The van der Waals surface area contributed by atoms with E-state index in [-0.39, 0.29) is 22.8 Å². The van der Waals surface area contributed by atoms with Crippen molar-refractivity contribution in [2.75, 3.05) is 0 Å². The second-order valence-electron chi connectivity index (χ2n) is 6.35. The quantitative estimate of drug-likeness (QED) is 0.232. The SMILES string of the molecule is Cc1ccc(-n2nc(-c3ccc([N+](=O)[O-])o3)c(C(=O)c3ccccc3)c2Br)cc1. The molecule has 0 saturated heterocycles. The minimum Gasteiger partial charge on any atom is -0.399 e. The Morgan fingerprint density at radius 3 is 2.38 bits per heavy atom. The molecule has 0 amide bonds. The third-order valence-electron chi connectivity index (χ3n) is 4.38. The highest BCUT2D eigenvalue weighted by Crippen LogP contribution is 2.35. The van der Waals surface area contributed by atoms with Gasteiger partial charge in [0.15, 0.2) is 11.5 Å². The van der Waals surface area contributed by atoms with Gasteiger partial charge in [-0.2, -0.15) is 5.10 Å². The maximum absolute atomic E-state index is 13.2. The Bertz CT molecular complexity index is 1210. The zero-order chi connectivity index (χ0) is 20.5. The van der Waals surface area contributed by atoms with Gasteiger partial charge in [0, 0.05) is 5.56 Å². The van der Waals surface area contributed by atoms with Gasteiger partial charge in [0.1, 0.15) is 15.2 Å². The van der Waals surface area contributed by atoms with Crippen LogP contribution in [-0.2, 0) is 0 Å². The van der Waals surface area contributed by atoms with E-state index in [0.717, 1.165) is 11.3 Å². The van der Waals surface area contributed by atoms with E-state index in [2.05, 4.69) is 21.0 Å². The van der Waals surface area contributed by atoms with Crippen molar-refractivity contribution in [1.29, 1.82) is 0 Å². The van der Waals surface area contributed by atoms with Crippen molar-refractivity contribution in [2.45, 2.75) is 6.92 Å². The number of nitrogens with zero attached hydrogens (tertiary/aromatic N) is 3. The molecular formula is C21H14BrN3O4. The summed E-state index contributed by atoms with van der Waals surface area (Å²) >= 11 is 3.49. The summed E-state index contributed by atoms with van der Waals surface area (Å²) in [6, 6.07) is 19.0. The molecule has 4 aromatic rings. The van der Waals surface area contributed by atoms with Crippen molar-refractivity contribution in [3.8, 4) is 17.1 Å². The number of rotatable bonds is 5. The second kappa shape index (κ2) is 7.48. The van der Waals surface area contributed by atoms with Crippen LogP contribution in [0.4, 0.5) is 5.88 Å². The molecule has 0 aliphatic heterocycles. The number of halogens is 1. The largest absolute Gasteiger partial charge is 0.433 e. The third kappa shape index (κ3) is 3.50. The summed E-state index contributed by atoms with van der Waals surface area (Å²) in [7, 11) is 0. The smallest absolute Gasteiger partial charge is 0.399 e. The van der Waals surface area contributed by atoms with E-state index in [1.807, 2.05) is 37.3 Å². The molecule has 0 radical (unpaired) electrons. The van der Waals surface area contributed by atoms with Crippen molar-refractivity contribution < 1.29 is 14.1 Å². The molecular weight excluding hydrogens is 438 g/mol. The van der Waals surface area contributed by atoms with E-state index in [4.69, 9.17) is 4.42 Å². The van der Waals surface area contributed by atoms with Gasteiger partial charge in [-0.3, -0.25) is 14.9 Å². The molecule has 2 aromatic heterocycles. The van der Waals surface area contributed by atoms with E-state index < -0.39 is 10.8 Å². The Hall–Kier alpha value is -3.52. The van der Waals surface area contributed by atoms with Gasteiger partial charge in [0.25, 0.3) is 0 Å². The average molecular weight is 452 g/mol. The van der Waals surface area contributed by atoms with Crippen LogP contribution < -0.4 is 0 Å². The Kier molecular flexibility index (Phi) is 4.85. The first-order valence-corrected chi connectivity index (χ1v) is 9.45. The van der Waals surface area contributed by atoms with E-state index in [0.29, 0.717) is 10.2 Å². The van der Waals surface area contributed by atoms with Gasteiger partial charge in [-0.1, -0.05) is 48.0 Å². The van der Waals surface area contributed by atoms with Crippen molar-refractivity contribution >= 4 is 27.6 Å². The van der Waals surface area contributed by atoms with Crippen LogP contribution >= 0.6 is 15.9 Å². The predicted octanol–water partition coefficient (Wildman–Crippen LogP) is 5.34. The molecule has 0 aliphatic rings. The standard InChI is InChI=1S/C21H14BrN3O4/c1-13-7-9-15(10-8-13)24-21(22)18(20(26)14-5-3-2-4-6-14)19(23-24)16-11-12-17(29-16)25(27)28/h2-12H,1H3. The molecule has 0 fully saturated rings. The number of hydrogen-bond donors (Lipinski definition) is 0. The van der Waals surface area contributed by atoms with Gasteiger partial charge in [-0.25, -0.2) is 4.68 Å². The van der Waals surface area contributed by atoms with E-state index in [9.17, 15) is 14.9 Å². The molecule has 0 aliphatic carbocycles. The molecule has 4 rings (SSSR count). The first-order valence-electron chi connectivity index (χ1n) is 8.65. The fourth-order valence-corrected chi connectivity index (χ4v) is 3.57. The number of carbonyl (C=O) groups is 1. The van der Waals surface area contributed by atoms with E-state index >= 15 is 0 Å². The Labute approximate surface area is 173 Å². The minimum absolute atomic E-state index is 0.141. The molecule has 2 aromatic carbocycles. The molecule has 0 saturated carbocycles. The fraction of sp³-hybridized carbons (Fsp3) is 0.0476. The maximum atomic E-state index is 13.2. The maximum Gasteiger partial charge on any atom is 0.433 e. The lowest BCUT2D eigenvalue weighted by molar-refractivity contribution is -0.401. The van der Waals surface area contributed by atoms with Crippen LogP contribution in [0, 0.1) is 17.0 Å². The topological polar surface area (TPSA) is 91.2 Å². The molecule has 144 valence electrons. The number of aryl methyl sites for hydroxylation is 1. The molecule has 0 N–H and O–H groups in total. The predicted molar refractivity (Wildman–Crippen MR) is 110 cm³/mol. The highest BCUT2D eigenvalue weighted by atomic mass is 79.9. The van der Waals surface area contributed by atoms with Crippen LogP contribution in [0.1, 0.15) is 21.5 Å². The van der Waals surface area contributed by atoms with Gasteiger partial charge in [0.05, 0.1) is 17.3 Å². The van der Waals surface area contributed by atoms with Crippen molar-refractivity contribution in [3.63, 3.8) is 0 Å². The zero-order valence-corrected chi connectivity index (χ0v) is 16.8. The summed E-state index contributed by atoms with van der Waals surface area (Å²) in [6.07, 6.45) is 0. The number of ketones is 1. The zero-order valence-electron chi connectivity index (χ0n) is 15.2. The van der Waals surface area contributed by atoms with Crippen LogP contribution in [0.2, 0.25) is 0 Å². The lowest BCUT2D eigenvalue weighted by atomic mass is 10.0. The Morgan fingerprint density at radius 2 is 1.76 bits per heavy atom. The van der Waals surface area contributed by atoms with Crippen molar-refractivity contribution in [1.82, 2.24) is 9.78 Å². The summed E-state index contributed by atoms with van der Waals surface area (Å²) in [5.74, 6) is -0.549. The molecule has 0 unspecified atom stereocenters. The third-order valence-corrected chi connectivity index (χ3v) is 5.11. The van der Waals surface area contributed by atoms with Crippen molar-refractivity contribution in [3.05, 3.63) is 98.1 Å². The average Bonchev–Trinajstić information content (AvgIpc) is 3.34. The van der Waals surface area contributed by atoms with Crippen LogP contribution in [-0.4, -0.2) is 20.5 Å². The van der Waals surface area contributed by atoms with Gasteiger partial charge in [-0.15, -0.1) is 0 Å². The van der Waals surface area contributed by atoms with Gasteiger partial charge in [0.2, 0.25) is 0 Å². The van der Waals surface area contributed by atoms with E-state index in [1.165, 1.54) is 12.1 Å². The lowest BCUT2D eigenvalue weighted by Gasteiger charge is -2.04. The number of benzene rings is 2. The number of furan rings is 1. The van der Waals surface area contributed by atoms with Crippen molar-refractivity contribution in [2.24, 2.45) is 0 Å². The van der Waals surface area contributed by atoms with E-state index in [1.54, 1.807) is 28.9 Å². The number of aromatic nitrogens is 2. The first-order chi connectivity index (χ1) is 14.0. The number of hydrogen-bond acceptors (Lipinski definition) is 5. The van der Waals surface area contributed by atoms with Crippen LogP contribution in [0.5, 0.6) is 0 Å². The van der Waals surface area contributed by atoms with Crippen LogP contribution in [0.25, 0.3) is 17.1 Å². The molecule has 29 heavy (non-hydrogen) atoms. The van der Waals surface area contributed by atoms with Gasteiger partial charge in [-0.05, 0) is 41.1 Å². The fourth-order valence-electron chi connectivity index (χ4n) is 2.92. The molecule has 0 spiro atoms. The number of carbonyl (C=O) groups excluding carboxylic acids is 1. The van der Waals surface area contributed by atoms with Crippen LogP contribution in [0.15, 0.2) is 75.8 Å². The monoisotopic (exact) mass is 451 g/mol. The summed E-state index contributed by atoms with van der Waals surface area (Å²) in [5, 5.41) is 15.6. The van der Waals surface area contributed by atoms with Gasteiger partial charge < -0.3 is 4.42 Å². The Balaban J connectivity index is 1.92. The molecule has 7 nitrogen and oxygen atoms in total. The van der Waals surface area contributed by atoms with Gasteiger partial charge >= 0.3 is 5.88 Å². The highest BCUT2D eigenvalue weighted by Gasteiger charge is 2.28. The lowest BCUT2D eigenvalue weighted by Crippen LogP contribution is -2.03. The molecule has 0 bridgehead atoms. The summed E-state index contributed by atoms with van der Waals surface area (Å²) in [5.41, 5.74) is 2.77.